The van der Waals surface area contributed by atoms with Crippen LogP contribution in [0.2, 0.25) is 5.02 Å². The zero-order valence-corrected chi connectivity index (χ0v) is 12.5. The highest BCUT2D eigenvalue weighted by Crippen LogP contribution is 2.23. The maximum atomic E-state index is 12.1. The third-order valence-electron chi connectivity index (χ3n) is 3.00. The number of carboxylic acids is 1. The van der Waals surface area contributed by atoms with E-state index in [1.807, 2.05) is 32.0 Å². The van der Waals surface area contributed by atoms with Gasteiger partial charge in [0, 0.05) is 23.4 Å². The predicted molar refractivity (Wildman–Crippen MR) is 78.8 cm³/mol. The van der Waals surface area contributed by atoms with Gasteiger partial charge in [-0.05, 0) is 30.5 Å². The first-order chi connectivity index (χ1) is 9.31. The van der Waals surface area contributed by atoms with Gasteiger partial charge in [0.1, 0.15) is 0 Å². The van der Waals surface area contributed by atoms with Crippen molar-refractivity contribution in [2.24, 2.45) is 5.41 Å². The van der Waals surface area contributed by atoms with Crippen molar-refractivity contribution in [3.8, 4) is 0 Å². The molecular formula is C15H20ClNO3. The quantitative estimate of drug-likeness (QED) is 0.761. The fourth-order valence-corrected chi connectivity index (χ4v) is 2.13. The van der Waals surface area contributed by atoms with Gasteiger partial charge in [0.2, 0.25) is 5.91 Å². The maximum absolute atomic E-state index is 12.1. The normalized spacial score (nSPS) is 11.2. The number of nitrogens with one attached hydrogen (secondary N) is 1. The second kappa shape index (κ2) is 7.29. The summed E-state index contributed by atoms with van der Waals surface area (Å²) in [5.41, 5.74) is 0.441. The second-order valence-corrected chi connectivity index (χ2v) is 5.88. The minimum atomic E-state index is -0.850. The summed E-state index contributed by atoms with van der Waals surface area (Å²) in [6, 6.07) is 7.44. The molecule has 20 heavy (non-hydrogen) atoms. The number of benzene rings is 1. The van der Waals surface area contributed by atoms with Gasteiger partial charge in [-0.2, -0.15) is 0 Å². The summed E-state index contributed by atoms with van der Waals surface area (Å²) >= 11 is 5.93. The van der Waals surface area contributed by atoms with Gasteiger partial charge in [0.15, 0.2) is 0 Å². The van der Waals surface area contributed by atoms with Crippen LogP contribution < -0.4 is 5.32 Å². The summed E-state index contributed by atoms with van der Waals surface area (Å²) in [5, 5.41) is 12.0. The lowest BCUT2D eigenvalue weighted by Gasteiger charge is -2.23. The molecule has 110 valence electrons. The Labute approximate surface area is 124 Å². The lowest BCUT2D eigenvalue weighted by atomic mass is 9.85. The lowest BCUT2D eigenvalue weighted by molar-refractivity contribution is -0.137. The Bertz CT molecular complexity index is 486. The number of rotatable bonds is 7. The van der Waals surface area contributed by atoms with Crippen LogP contribution in [0.3, 0.4) is 0 Å². The Hall–Kier alpha value is -1.55. The first kappa shape index (κ1) is 16.5. The van der Waals surface area contributed by atoms with Gasteiger partial charge in [0.25, 0.3) is 0 Å². The Balaban J connectivity index is 2.50. The average Bonchev–Trinajstić information content (AvgIpc) is 2.33. The number of hydrogen-bond acceptors (Lipinski definition) is 2. The van der Waals surface area contributed by atoms with Gasteiger partial charge in [-0.25, -0.2) is 0 Å². The van der Waals surface area contributed by atoms with Crippen LogP contribution in [-0.4, -0.2) is 23.5 Å². The highest BCUT2D eigenvalue weighted by Gasteiger charge is 2.27. The van der Waals surface area contributed by atoms with E-state index in [0.717, 1.165) is 5.56 Å². The van der Waals surface area contributed by atoms with Gasteiger partial charge in [-0.3, -0.25) is 9.59 Å². The highest BCUT2D eigenvalue weighted by atomic mass is 35.5. The molecule has 0 unspecified atom stereocenters. The van der Waals surface area contributed by atoms with Crippen molar-refractivity contribution >= 4 is 23.5 Å². The molecule has 1 aromatic carbocycles. The van der Waals surface area contributed by atoms with Crippen molar-refractivity contribution in [1.82, 2.24) is 5.32 Å². The van der Waals surface area contributed by atoms with E-state index >= 15 is 0 Å². The average molecular weight is 298 g/mol. The second-order valence-electron chi connectivity index (χ2n) is 5.44. The topological polar surface area (TPSA) is 66.4 Å². The zero-order valence-electron chi connectivity index (χ0n) is 11.8. The monoisotopic (exact) mass is 297 g/mol. The minimum Gasteiger partial charge on any atom is -0.481 e. The van der Waals surface area contributed by atoms with Gasteiger partial charge in [-0.15, -0.1) is 0 Å². The smallest absolute Gasteiger partial charge is 0.303 e. The number of hydrogen-bond donors (Lipinski definition) is 2. The van der Waals surface area contributed by atoms with Crippen LogP contribution in [0.4, 0.5) is 0 Å². The van der Waals surface area contributed by atoms with Crippen molar-refractivity contribution < 1.29 is 14.7 Å². The van der Waals surface area contributed by atoms with Crippen LogP contribution in [0.1, 0.15) is 32.3 Å². The molecule has 0 aliphatic rings. The molecule has 5 heteroatoms. The number of carboxylic acid groups (broad SMARTS) is 1. The first-order valence-corrected chi connectivity index (χ1v) is 6.93. The van der Waals surface area contributed by atoms with Gasteiger partial charge in [0.05, 0.1) is 0 Å². The molecule has 0 atom stereocenters. The van der Waals surface area contributed by atoms with Crippen LogP contribution in [0, 0.1) is 5.41 Å². The van der Waals surface area contributed by atoms with Gasteiger partial charge in [-0.1, -0.05) is 37.6 Å². The van der Waals surface area contributed by atoms with Crippen LogP contribution in [-0.2, 0) is 16.0 Å². The molecule has 0 radical (unpaired) electrons. The van der Waals surface area contributed by atoms with E-state index < -0.39 is 11.4 Å². The lowest BCUT2D eigenvalue weighted by Crippen LogP contribution is -2.38. The molecule has 0 aliphatic heterocycles. The van der Waals surface area contributed by atoms with Crippen LogP contribution in [0.25, 0.3) is 0 Å². The number of halogens is 1. The highest BCUT2D eigenvalue weighted by molar-refractivity contribution is 6.30. The molecule has 1 aromatic rings. The summed E-state index contributed by atoms with van der Waals surface area (Å²) in [7, 11) is 0. The van der Waals surface area contributed by atoms with E-state index in [9.17, 15) is 9.59 Å². The third kappa shape index (κ3) is 5.61. The fraction of sp³-hybridized carbons (Fsp3) is 0.467. The van der Waals surface area contributed by atoms with E-state index in [4.69, 9.17) is 16.7 Å². The van der Waals surface area contributed by atoms with Gasteiger partial charge >= 0.3 is 5.97 Å². The summed E-state index contributed by atoms with van der Waals surface area (Å²) < 4.78 is 0. The number of carbonyl (C=O) groups is 2. The first-order valence-electron chi connectivity index (χ1n) is 6.56. The van der Waals surface area contributed by atoms with E-state index in [-0.39, 0.29) is 12.3 Å². The Morgan fingerprint density at radius 3 is 2.65 bits per heavy atom. The molecule has 2 N–H and O–H groups in total. The fourth-order valence-electron chi connectivity index (χ4n) is 1.92. The molecule has 0 spiro atoms. The minimum absolute atomic E-state index is 0.0645. The SMILES string of the molecule is CC(C)(Cc1cccc(Cl)c1)C(=O)NCCCC(=O)O. The predicted octanol–water partition coefficient (Wildman–Crippen LogP) is 2.89. The van der Waals surface area contributed by atoms with E-state index in [1.54, 1.807) is 6.07 Å². The third-order valence-corrected chi connectivity index (χ3v) is 3.24. The Kier molecular flexibility index (Phi) is 6.02. The molecule has 0 saturated heterocycles. The van der Waals surface area contributed by atoms with Crippen molar-refractivity contribution in [2.75, 3.05) is 6.54 Å². The molecule has 0 fully saturated rings. The van der Waals surface area contributed by atoms with Crippen molar-refractivity contribution in [2.45, 2.75) is 33.1 Å². The molecule has 1 rings (SSSR count). The molecule has 0 aromatic heterocycles. The maximum Gasteiger partial charge on any atom is 0.303 e. The largest absolute Gasteiger partial charge is 0.481 e. The number of aliphatic carboxylic acids is 1. The molecule has 4 nitrogen and oxygen atoms in total. The Morgan fingerprint density at radius 1 is 1.35 bits per heavy atom. The molecule has 0 bridgehead atoms. The number of amides is 1. The number of carbonyl (C=O) groups excluding carboxylic acids is 1. The Morgan fingerprint density at radius 2 is 2.05 bits per heavy atom. The summed E-state index contributed by atoms with van der Waals surface area (Å²) in [6.45, 7) is 4.10. The molecule has 0 saturated carbocycles. The summed E-state index contributed by atoms with van der Waals surface area (Å²) in [5.74, 6) is -0.930. The molecule has 0 aliphatic carbocycles. The summed E-state index contributed by atoms with van der Waals surface area (Å²) in [6.07, 6.45) is 1.08. The van der Waals surface area contributed by atoms with Gasteiger partial charge < -0.3 is 10.4 Å². The van der Waals surface area contributed by atoms with Crippen LogP contribution in [0.15, 0.2) is 24.3 Å². The van der Waals surface area contributed by atoms with Crippen LogP contribution >= 0.6 is 11.6 Å². The van der Waals surface area contributed by atoms with Crippen molar-refractivity contribution in [3.05, 3.63) is 34.9 Å². The molecule has 0 heterocycles. The molecule has 1 amide bonds. The van der Waals surface area contributed by atoms with Crippen LogP contribution in [0.5, 0.6) is 0 Å². The van der Waals surface area contributed by atoms with E-state index in [1.165, 1.54) is 0 Å². The summed E-state index contributed by atoms with van der Waals surface area (Å²) in [4.78, 5) is 22.5. The zero-order chi connectivity index (χ0) is 15.2. The molecular weight excluding hydrogens is 278 g/mol. The van der Waals surface area contributed by atoms with Crippen molar-refractivity contribution in [1.29, 1.82) is 0 Å². The van der Waals surface area contributed by atoms with E-state index in [2.05, 4.69) is 5.32 Å². The van der Waals surface area contributed by atoms with Crippen molar-refractivity contribution in [3.63, 3.8) is 0 Å². The van der Waals surface area contributed by atoms with E-state index in [0.29, 0.717) is 24.4 Å². The standard InChI is InChI=1S/C15H20ClNO3/c1-15(2,10-11-5-3-6-12(16)9-11)14(20)17-8-4-7-13(18)19/h3,5-6,9H,4,7-8,10H2,1-2H3,(H,17,20)(H,18,19).